The fourth-order valence-corrected chi connectivity index (χ4v) is 4.07. The van der Waals surface area contributed by atoms with Crippen molar-refractivity contribution in [3.8, 4) is 16.9 Å². The molecule has 0 radical (unpaired) electrons. The van der Waals surface area contributed by atoms with Crippen LogP contribution in [0.15, 0.2) is 66.7 Å². The lowest BCUT2D eigenvalue weighted by molar-refractivity contribution is 0.303. The summed E-state index contributed by atoms with van der Waals surface area (Å²) in [5, 5.41) is 0.941. The van der Waals surface area contributed by atoms with E-state index in [9.17, 15) is 13.2 Å². The Morgan fingerprint density at radius 2 is 1.47 bits per heavy atom. The van der Waals surface area contributed by atoms with E-state index in [2.05, 4.69) is 6.92 Å². The smallest absolute Gasteiger partial charge is 0.137 e. The average molecular weight is 467 g/mol. The molecule has 0 spiro atoms. The molecule has 5 heteroatoms. The Bertz CT molecular complexity index is 1260. The normalized spacial score (nSPS) is 11.2. The van der Waals surface area contributed by atoms with Gasteiger partial charge >= 0.3 is 0 Å². The van der Waals surface area contributed by atoms with Crippen LogP contribution in [0.5, 0.6) is 5.75 Å². The van der Waals surface area contributed by atoms with Crippen LogP contribution in [0.4, 0.5) is 17.6 Å². The minimum atomic E-state index is -0.721. The molecular weight excluding hydrogens is 440 g/mol. The zero-order valence-electron chi connectivity index (χ0n) is 19.0. The first-order valence-electron chi connectivity index (χ1n) is 11.5. The molecule has 0 aliphatic carbocycles. The molecule has 0 saturated carbocycles. The molecule has 34 heavy (non-hydrogen) atoms. The standard InChI is InChI=1S/C29H26F4O/c1-2-3-4-15-34-24-17-26(31)28(27(32)18-24)22-11-14-25-21(16-22)10-9-20(29(25)33)8-5-19-6-12-23(30)13-7-19/h6-7,9-14,16-18H,2-5,8,15H2,1H3. The average Bonchev–Trinajstić information content (AvgIpc) is 2.82. The lowest BCUT2D eigenvalue weighted by Crippen LogP contribution is -2.00. The van der Waals surface area contributed by atoms with E-state index in [1.54, 1.807) is 36.4 Å². The van der Waals surface area contributed by atoms with E-state index in [1.807, 2.05) is 0 Å². The number of unbranched alkanes of at least 4 members (excludes halogenated alkanes) is 2. The summed E-state index contributed by atoms with van der Waals surface area (Å²) in [4.78, 5) is 0. The summed E-state index contributed by atoms with van der Waals surface area (Å²) in [6.45, 7) is 2.48. The molecular formula is C29H26F4O. The summed E-state index contributed by atoms with van der Waals surface area (Å²) in [7, 11) is 0. The number of hydrogen-bond donors (Lipinski definition) is 0. The van der Waals surface area contributed by atoms with Crippen molar-refractivity contribution in [1.82, 2.24) is 0 Å². The number of rotatable bonds is 9. The molecule has 0 saturated heterocycles. The van der Waals surface area contributed by atoms with Gasteiger partial charge in [-0.1, -0.05) is 56.2 Å². The SMILES string of the molecule is CCCCCOc1cc(F)c(-c2ccc3c(F)c(CCc4ccc(F)cc4)ccc3c2)c(F)c1. The number of halogens is 4. The highest BCUT2D eigenvalue weighted by molar-refractivity contribution is 5.88. The molecule has 0 aromatic heterocycles. The summed E-state index contributed by atoms with van der Waals surface area (Å²) in [5.41, 5.74) is 1.62. The highest BCUT2D eigenvalue weighted by atomic mass is 19.1. The predicted octanol–water partition coefficient (Wildman–Crippen LogP) is 8.42. The first kappa shape index (κ1) is 23.8. The fraction of sp³-hybridized carbons (Fsp3) is 0.241. The van der Waals surface area contributed by atoms with Gasteiger partial charge in [-0.25, -0.2) is 17.6 Å². The minimum absolute atomic E-state index is 0.160. The molecule has 0 amide bonds. The van der Waals surface area contributed by atoms with E-state index in [0.717, 1.165) is 24.8 Å². The van der Waals surface area contributed by atoms with Gasteiger partial charge in [0.1, 0.15) is 29.0 Å². The molecule has 0 fully saturated rings. The number of aryl methyl sites for hydroxylation is 2. The first-order valence-corrected chi connectivity index (χ1v) is 11.5. The molecule has 0 atom stereocenters. The van der Waals surface area contributed by atoms with Crippen molar-refractivity contribution in [3.05, 3.63) is 101 Å². The maximum atomic E-state index is 15.1. The van der Waals surface area contributed by atoms with Crippen LogP contribution in [-0.4, -0.2) is 6.61 Å². The summed E-state index contributed by atoms with van der Waals surface area (Å²) in [6, 6.07) is 16.6. The maximum Gasteiger partial charge on any atom is 0.137 e. The zero-order valence-corrected chi connectivity index (χ0v) is 19.0. The third kappa shape index (κ3) is 5.41. The summed E-state index contributed by atoms with van der Waals surface area (Å²) in [6.07, 6.45) is 3.87. The summed E-state index contributed by atoms with van der Waals surface area (Å²) < 4.78 is 63.2. The zero-order chi connectivity index (χ0) is 24.1. The van der Waals surface area contributed by atoms with Gasteiger partial charge in [-0.2, -0.15) is 0 Å². The molecule has 0 aliphatic heterocycles. The Balaban J connectivity index is 1.55. The Morgan fingerprint density at radius 3 is 2.18 bits per heavy atom. The predicted molar refractivity (Wildman–Crippen MR) is 128 cm³/mol. The second-order valence-electron chi connectivity index (χ2n) is 8.42. The van der Waals surface area contributed by atoms with Crippen LogP contribution in [0, 0.1) is 23.3 Å². The number of hydrogen-bond acceptors (Lipinski definition) is 1. The number of ether oxygens (including phenoxy) is 1. The highest BCUT2D eigenvalue weighted by Gasteiger charge is 2.16. The largest absolute Gasteiger partial charge is 0.493 e. The van der Waals surface area contributed by atoms with Crippen LogP contribution in [0.1, 0.15) is 37.3 Å². The highest BCUT2D eigenvalue weighted by Crippen LogP contribution is 2.33. The Labute approximate surface area is 197 Å². The number of benzene rings is 4. The van der Waals surface area contributed by atoms with Gasteiger partial charge in [0.15, 0.2) is 0 Å². The van der Waals surface area contributed by atoms with E-state index in [4.69, 9.17) is 4.74 Å². The Kier molecular flexibility index (Phi) is 7.51. The van der Waals surface area contributed by atoms with Gasteiger partial charge < -0.3 is 4.74 Å². The maximum absolute atomic E-state index is 15.1. The van der Waals surface area contributed by atoms with Crippen LogP contribution in [0.2, 0.25) is 0 Å². The first-order chi connectivity index (χ1) is 16.5. The second kappa shape index (κ2) is 10.7. The van der Waals surface area contributed by atoms with E-state index < -0.39 is 11.6 Å². The molecule has 176 valence electrons. The monoisotopic (exact) mass is 466 g/mol. The van der Waals surface area contributed by atoms with Crippen molar-refractivity contribution in [2.24, 2.45) is 0 Å². The van der Waals surface area contributed by atoms with Crippen LogP contribution < -0.4 is 4.74 Å². The van der Waals surface area contributed by atoms with Crippen LogP contribution in [-0.2, 0) is 12.8 Å². The van der Waals surface area contributed by atoms with Crippen molar-refractivity contribution < 1.29 is 22.3 Å². The van der Waals surface area contributed by atoms with E-state index in [0.29, 0.717) is 41.3 Å². The van der Waals surface area contributed by atoms with Crippen molar-refractivity contribution in [2.75, 3.05) is 6.61 Å². The number of fused-ring (bicyclic) bond motifs is 1. The van der Waals surface area contributed by atoms with Crippen molar-refractivity contribution >= 4 is 10.8 Å². The van der Waals surface area contributed by atoms with Crippen molar-refractivity contribution in [1.29, 1.82) is 0 Å². The second-order valence-corrected chi connectivity index (χ2v) is 8.42. The lowest BCUT2D eigenvalue weighted by atomic mass is 9.96. The quantitative estimate of drug-likeness (QED) is 0.178. The van der Waals surface area contributed by atoms with Gasteiger partial charge in [0.05, 0.1) is 12.2 Å². The molecule has 0 bridgehead atoms. The summed E-state index contributed by atoms with van der Waals surface area (Å²) >= 11 is 0. The fourth-order valence-electron chi connectivity index (χ4n) is 4.07. The van der Waals surface area contributed by atoms with Gasteiger partial charge in [-0.15, -0.1) is 0 Å². The lowest BCUT2D eigenvalue weighted by Gasteiger charge is -2.12. The van der Waals surface area contributed by atoms with Gasteiger partial charge in [0.2, 0.25) is 0 Å². The molecule has 0 N–H and O–H groups in total. The van der Waals surface area contributed by atoms with Crippen LogP contribution in [0.25, 0.3) is 21.9 Å². The molecule has 4 aromatic carbocycles. The van der Waals surface area contributed by atoms with Crippen molar-refractivity contribution in [2.45, 2.75) is 39.0 Å². The van der Waals surface area contributed by atoms with Gasteiger partial charge in [-0.05, 0) is 59.5 Å². The van der Waals surface area contributed by atoms with Crippen LogP contribution >= 0.6 is 0 Å². The van der Waals surface area contributed by atoms with E-state index in [-0.39, 0.29) is 22.9 Å². The van der Waals surface area contributed by atoms with Gasteiger partial charge in [0.25, 0.3) is 0 Å². The van der Waals surface area contributed by atoms with E-state index in [1.165, 1.54) is 30.3 Å². The molecule has 4 rings (SSSR count). The molecule has 4 aromatic rings. The van der Waals surface area contributed by atoms with Gasteiger partial charge in [0, 0.05) is 17.5 Å². The third-order valence-corrected chi connectivity index (χ3v) is 5.95. The van der Waals surface area contributed by atoms with E-state index >= 15 is 4.39 Å². The Morgan fingerprint density at radius 1 is 0.735 bits per heavy atom. The molecule has 0 aliphatic rings. The minimum Gasteiger partial charge on any atom is -0.493 e. The third-order valence-electron chi connectivity index (χ3n) is 5.95. The Hall–Kier alpha value is -3.34. The molecule has 0 unspecified atom stereocenters. The van der Waals surface area contributed by atoms with Crippen molar-refractivity contribution in [3.63, 3.8) is 0 Å². The molecule has 0 heterocycles. The summed E-state index contributed by atoms with van der Waals surface area (Å²) in [5.74, 6) is -1.95. The van der Waals surface area contributed by atoms with Gasteiger partial charge in [-0.3, -0.25) is 0 Å². The molecule has 1 nitrogen and oxygen atoms in total. The van der Waals surface area contributed by atoms with Crippen LogP contribution in [0.3, 0.4) is 0 Å². The topological polar surface area (TPSA) is 9.23 Å².